The zero-order valence-corrected chi connectivity index (χ0v) is 15.0. The molecular formula is C15H18BrN3OS. The molecule has 0 aromatic carbocycles. The van der Waals surface area contributed by atoms with Crippen molar-refractivity contribution in [2.24, 2.45) is 7.05 Å². The Morgan fingerprint density at radius 1 is 1.48 bits per heavy atom. The number of rotatable bonds is 4. The highest BCUT2D eigenvalue weighted by Gasteiger charge is 2.10. The Labute approximate surface area is 137 Å². The molecule has 0 radical (unpaired) electrons. The number of aryl methyl sites for hydroxylation is 2. The van der Waals surface area contributed by atoms with Gasteiger partial charge in [-0.15, -0.1) is 11.3 Å². The minimum atomic E-state index is -0.0119. The summed E-state index contributed by atoms with van der Waals surface area (Å²) in [6, 6.07) is 4.02. The van der Waals surface area contributed by atoms with Gasteiger partial charge in [-0.2, -0.15) is 5.10 Å². The van der Waals surface area contributed by atoms with Gasteiger partial charge < -0.3 is 4.90 Å². The minimum Gasteiger partial charge on any atom is -0.337 e. The summed E-state index contributed by atoms with van der Waals surface area (Å²) in [6.07, 6.45) is 3.46. The van der Waals surface area contributed by atoms with Crippen molar-refractivity contribution in [1.29, 1.82) is 0 Å². The molecule has 2 aromatic heterocycles. The average Bonchev–Trinajstić information content (AvgIpc) is 2.92. The van der Waals surface area contributed by atoms with E-state index in [1.54, 1.807) is 22.3 Å². The Balaban J connectivity index is 2.04. The van der Waals surface area contributed by atoms with E-state index in [4.69, 9.17) is 0 Å². The van der Waals surface area contributed by atoms with Gasteiger partial charge in [-0.05, 0) is 48.0 Å². The van der Waals surface area contributed by atoms with E-state index < -0.39 is 0 Å². The molecule has 2 aromatic rings. The lowest BCUT2D eigenvalue weighted by molar-refractivity contribution is -0.125. The van der Waals surface area contributed by atoms with Crippen LogP contribution < -0.4 is 0 Å². The number of likely N-dealkylation sites (N-methyl/N-ethyl adjacent to an activating group) is 1. The Hall–Kier alpha value is -1.40. The summed E-state index contributed by atoms with van der Waals surface area (Å²) in [5, 5.41) is 4.34. The number of hydrogen-bond donors (Lipinski definition) is 0. The number of nitrogens with zero attached hydrogens (tertiary/aromatic N) is 3. The maximum absolute atomic E-state index is 12.2. The predicted octanol–water partition coefficient (Wildman–Crippen LogP) is 3.53. The van der Waals surface area contributed by atoms with E-state index in [0.29, 0.717) is 6.54 Å². The van der Waals surface area contributed by atoms with E-state index in [-0.39, 0.29) is 5.91 Å². The fourth-order valence-electron chi connectivity index (χ4n) is 2.06. The van der Waals surface area contributed by atoms with Crippen LogP contribution in [0, 0.1) is 13.8 Å². The van der Waals surface area contributed by atoms with Crippen molar-refractivity contribution >= 4 is 39.2 Å². The molecule has 1 amide bonds. The van der Waals surface area contributed by atoms with Crippen molar-refractivity contribution in [1.82, 2.24) is 14.7 Å². The molecule has 2 heterocycles. The van der Waals surface area contributed by atoms with Crippen molar-refractivity contribution in [3.63, 3.8) is 0 Å². The minimum absolute atomic E-state index is 0.0119. The zero-order chi connectivity index (χ0) is 15.6. The maximum Gasteiger partial charge on any atom is 0.246 e. The summed E-state index contributed by atoms with van der Waals surface area (Å²) in [7, 11) is 3.71. The molecule has 0 aliphatic carbocycles. The molecule has 6 heteroatoms. The summed E-state index contributed by atoms with van der Waals surface area (Å²) in [5.41, 5.74) is 3.00. The summed E-state index contributed by atoms with van der Waals surface area (Å²) in [4.78, 5) is 15.0. The number of carbonyl (C=O) groups is 1. The standard InChI is InChI=1S/C15H18BrN3OS/c1-10-13(11(2)19(4)17-10)6-8-15(20)18(3)9-12-5-7-14(16)21-12/h5-8H,9H2,1-4H3/b8-6+. The van der Waals surface area contributed by atoms with Gasteiger partial charge in [0.05, 0.1) is 16.0 Å². The van der Waals surface area contributed by atoms with E-state index in [1.165, 1.54) is 0 Å². The van der Waals surface area contributed by atoms with Gasteiger partial charge >= 0.3 is 0 Å². The van der Waals surface area contributed by atoms with E-state index in [9.17, 15) is 4.79 Å². The highest BCUT2D eigenvalue weighted by molar-refractivity contribution is 9.11. The van der Waals surface area contributed by atoms with Crippen LogP contribution in [0.1, 0.15) is 21.8 Å². The molecule has 0 spiro atoms. The maximum atomic E-state index is 12.2. The third-order valence-electron chi connectivity index (χ3n) is 3.36. The first kappa shape index (κ1) is 16.0. The molecule has 21 heavy (non-hydrogen) atoms. The van der Waals surface area contributed by atoms with Gasteiger partial charge in [0.15, 0.2) is 0 Å². The van der Waals surface area contributed by atoms with Crippen molar-refractivity contribution in [2.45, 2.75) is 20.4 Å². The van der Waals surface area contributed by atoms with E-state index >= 15 is 0 Å². The van der Waals surface area contributed by atoms with Crippen LogP contribution >= 0.6 is 27.3 Å². The van der Waals surface area contributed by atoms with Gasteiger partial charge in [-0.25, -0.2) is 0 Å². The fraction of sp³-hybridized carbons (Fsp3) is 0.333. The molecule has 0 aliphatic heterocycles. The SMILES string of the molecule is Cc1nn(C)c(C)c1/C=C/C(=O)N(C)Cc1ccc(Br)s1. The highest BCUT2D eigenvalue weighted by Crippen LogP contribution is 2.23. The van der Waals surface area contributed by atoms with Crippen molar-refractivity contribution in [2.75, 3.05) is 7.05 Å². The van der Waals surface area contributed by atoms with Crippen LogP contribution in [0.25, 0.3) is 6.08 Å². The van der Waals surface area contributed by atoms with E-state index in [2.05, 4.69) is 21.0 Å². The summed E-state index contributed by atoms with van der Waals surface area (Å²) in [6.45, 7) is 4.56. The molecule has 0 aliphatic rings. The Bertz CT molecular complexity index is 687. The number of hydrogen-bond acceptors (Lipinski definition) is 3. The number of amides is 1. The average molecular weight is 368 g/mol. The summed E-state index contributed by atoms with van der Waals surface area (Å²) >= 11 is 5.07. The second kappa shape index (κ2) is 6.58. The quantitative estimate of drug-likeness (QED) is 0.775. The number of aromatic nitrogens is 2. The molecule has 0 unspecified atom stereocenters. The molecule has 4 nitrogen and oxygen atoms in total. The van der Waals surface area contributed by atoms with Gasteiger partial charge in [0.1, 0.15) is 0 Å². The Morgan fingerprint density at radius 3 is 2.71 bits per heavy atom. The lowest BCUT2D eigenvalue weighted by Gasteiger charge is -2.13. The van der Waals surface area contributed by atoms with E-state index in [1.807, 2.05) is 50.8 Å². The monoisotopic (exact) mass is 367 g/mol. The second-order valence-electron chi connectivity index (χ2n) is 4.94. The topological polar surface area (TPSA) is 38.1 Å². The second-order valence-corrected chi connectivity index (χ2v) is 7.49. The summed E-state index contributed by atoms with van der Waals surface area (Å²) < 4.78 is 2.90. The lowest BCUT2D eigenvalue weighted by Crippen LogP contribution is -2.23. The largest absolute Gasteiger partial charge is 0.337 e. The first-order chi connectivity index (χ1) is 9.88. The van der Waals surface area contributed by atoms with Gasteiger partial charge in [0, 0.05) is 36.3 Å². The van der Waals surface area contributed by atoms with Crippen LogP contribution in [0.4, 0.5) is 0 Å². The number of carbonyl (C=O) groups excluding carboxylic acids is 1. The molecular weight excluding hydrogens is 350 g/mol. The lowest BCUT2D eigenvalue weighted by atomic mass is 10.2. The van der Waals surface area contributed by atoms with Crippen LogP contribution in [-0.4, -0.2) is 27.6 Å². The Morgan fingerprint density at radius 2 is 2.19 bits per heavy atom. The van der Waals surface area contributed by atoms with Crippen LogP contribution in [-0.2, 0) is 18.4 Å². The highest BCUT2D eigenvalue weighted by atomic mass is 79.9. The number of halogens is 1. The fourth-order valence-corrected chi connectivity index (χ4v) is 3.60. The molecule has 0 N–H and O–H groups in total. The zero-order valence-electron chi connectivity index (χ0n) is 12.6. The smallest absolute Gasteiger partial charge is 0.246 e. The van der Waals surface area contributed by atoms with Gasteiger partial charge in [0.2, 0.25) is 5.91 Å². The van der Waals surface area contributed by atoms with Crippen molar-refractivity contribution < 1.29 is 4.79 Å². The number of thiophene rings is 1. The van der Waals surface area contributed by atoms with Gasteiger partial charge in [-0.1, -0.05) is 0 Å². The predicted molar refractivity (Wildman–Crippen MR) is 90.2 cm³/mol. The molecule has 0 fully saturated rings. The van der Waals surface area contributed by atoms with E-state index in [0.717, 1.165) is 25.6 Å². The van der Waals surface area contributed by atoms with Crippen LogP contribution in [0.15, 0.2) is 22.0 Å². The molecule has 0 saturated heterocycles. The van der Waals surface area contributed by atoms with Crippen molar-refractivity contribution in [3.05, 3.63) is 43.8 Å². The van der Waals surface area contributed by atoms with Crippen LogP contribution in [0.5, 0.6) is 0 Å². The molecule has 2 rings (SSSR count). The molecule has 0 saturated carbocycles. The Kier molecular flexibility index (Phi) is 5.00. The third kappa shape index (κ3) is 3.83. The molecule has 0 atom stereocenters. The van der Waals surface area contributed by atoms with Gasteiger partial charge in [0.25, 0.3) is 0 Å². The molecule has 112 valence electrons. The first-order valence-electron chi connectivity index (χ1n) is 6.56. The normalized spacial score (nSPS) is 11.3. The van der Waals surface area contributed by atoms with Crippen molar-refractivity contribution in [3.8, 4) is 0 Å². The molecule has 0 bridgehead atoms. The van der Waals surface area contributed by atoms with Gasteiger partial charge in [-0.3, -0.25) is 9.48 Å². The first-order valence-corrected chi connectivity index (χ1v) is 8.17. The van der Waals surface area contributed by atoms with Crippen LogP contribution in [0.2, 0.25) is 0 Å². The third-order valence-corrected chi connectivity index (χ3v) is 4.96. The van der Waals surface area contributed by atoms with Crippen LogP contribution in [0.3, 0.4) is 0 Å². The summed E-state index contributed by atoms with van der Waals surface area (Å²) in [5.74, 6) is -0.0119.